The van der Waals surface area contributed by atoms with E-state index in [2.05, 4.69) is 36.3 Å². The molecule has 0 spiro atoms. The summed E-state index contributed by atoms with van der Waals surface area (Å²) in [7, 11) is 0. The molecular weight excluding hydrogens is 324 g/mol. The molecule has 1 aromatic heterocycles. The minimum absolute atomic E-state index is 0.0378. The van der Waals surface area contributed by atoms with E-state index in [0.717, 1.165) is 22.2 Å². The molecule has 0 aliphatic carbocycles. The molecule has 1 heterocycles. The molecule has 4 nitrogen and oxygen atoms in total. The fourth-order valence-electron chi connectivity index (χ4n) is 2.88. The maximum Gasteiger partial charge on any atom is 0.258 e. The summed E-state index contributed by atoms with van der Waals surface area (Å²) in [6.07, 6.45) is 0. The van der Waals surface area contributed by atoms with Crippen LogP contribution in [0.5, 0.6) is 5.75 Å². The molecule has 26 heavy (non-hydrogen) atoms. The minimum Gasteiger partial charge on any atom is -0.481 e. The molecule has 2 aromatic carbocycles. The first-order valence-electron chi connectivity index (χ1n) is 8.80. The number of nitrogens with one attached hydrogen (secondary N) is 1. The summed E-state index contributed by atoms with van der Waals surface area (Å²) >= 11 is 0. The van der Waals surface area contributed by atoms with Gasteiger partial charge in [-0.15, -0.1) is 0 Å². The minimum atomic E-state index is -0.152. The lowest BCUT2D eigenvalue weighted by atomic mass is 10.0. The molecule has 0 saturated carbocycles. The monoisotopic (exact) mass is 348 g/mol. The van der Waals surface area contributed by atoms with Gasteiger partial charge in [-0.1, -0.05) is 36.4 Å². The van der Waals surface area contributed by atoms with Crippen LogP contribution in [0.25, 0.3) is 10.9 Å². The summed E-state index contributed by atoms with van der Waals surface area (Å²) < 4.78 is 5.74. The van der Waals surface area contributed by atoms with Crippen molar-refractivity contribution in [3.05, 3.63) is 70.9 Å². The first-order valence-corrected chi connectivity index (χ1v) is 8.80. The zero-order valence-corrected chi connectivity index (χ0v) is 15.7. The van der Waals surface area contributed by atoms with Gasteiger partial charge in [-0.2, -0.15) is 0 Å². The van der Waals surface area contributed by atoms with Crippen LogP contribution < -0.4 is 10.1 Å². The van der Waals surface area contributed by atoms with E-state index in [1.54, 1.807) is 0 Å². The number of fused-ring (bicyclic) bond motifs is 1. The van der Waals surface area contributed by atoms with E-state index in [1.165, 1.54) is 11.1 Å². The fraction of sp³-hybridized carbons (Fsp3) is 0.273. The molecule has 0 aliphatic heterocycles. The van der Waals surface area contributed by atoms with Gasteiger partial charge in [0.2, 0.25) is 0 Å². The van der Waals surface area contributed by atoms with Crippen molar-refractivity contribution in [1.29, 1.82) is 0 Å². The maximum absolute atomic E-state index is 12.3. The van der Waals surface area contributed by atoms with Crippen molar-refractivity contribution in [2.24, 2.45) is 0 Å². The molecule has 1 atom stereocenters. The number of rotatable bonds is 5. The van der Waals surface area contributed by atoms with E-state index in [-0.39, 0.29) is 18.6 Å². The summed E-state index contributed by atoms with van der Waals surface area (Å²) in [6.45, 7) is 8.03. The molecule has 0 bridgehead atoms. The van der Waals surface area contributed by atoms with E-state index in [9.17, 15) is 4.79 Å². The number of carbonyl (C=O) groups is 1. The normalized spacial score (nSPS) is 12.0. The maximum atomic E-state index is 12.3. The van der Waals surface area contributed by atoms with Gasteiger partial charge in [-0.25, -0.2) is 4.98 Å². The number of benzene rings is 2. The highest BCUT2D eigenvalue weighted by molar-refractivity contribution is 5.85. The van der Waals surface area contributed by atoms with Crippen molar-refractivity contribution in [1.82, 2.24) is 10.3 Å². The van der Waals surface area contributed by atoms with Crippen molar-refractivity contribution in [3.63, 3.8) is 0 Å². The predicted octanol–water partition coefficient (Wildman–Crippen LogP) is 4.42. The Bertz CT molecular complexity index is 950. The van der Waals surface area contributed by atoms with Crippen molar-refractivity contribution in [2.45, 2.75) is 33.7 Å². The topological polar surface area (TPSA) is 51.2 Å². The molecule has 0 fully saturated rings. The molecule has 0 aliphatic rings. The third kappa shape index (κ3) is 4.02. The van der Waals surface area contributed by atoms with Crippen LogP contribution in [0, 0.1) is 20.8 Å². The second-order valence-corrected chi connectivity index (χ2v) is 6.70. The molecule has 0 unspecified atom stereocenters. The highest BCUT2D eigenvalue weighted by Gasteiger charge is 2.12. The number of hydrogen-bond acceptors (Lipinski definition) is 3. The zero-order chi connectivity index (χ0) is 18.7. The summed E-state index contributed by atoms with van der Waals surface area (Å²) in [5, 5.41) is 3.99. The number of para-hydroxylation sites is 1. The second kappa shape index (κ2) is 7.56. The van der Waals surface area contributed by atoms with Crippen LogP contribution in [0.1, 0.15) is 35.3 Å². The molecule has 1 amide bonds. The number of carbonyl (C=O) groups excluding carboxylic acids is 1. The lowest BCUT2D eigenvalue weighted by Crippen LogP contribution is -2.31. The second-order valence-electron chi connectivity index (χ2n) is 6.70. The smallest absolute Gasteiger partial charge is 0.258 e. The quantitative estimate of drug-likeness (QED) is 0.743. The number of aromatic nitrogens is 1. The molecular formula is C22H24N2O2. The van der Waals surface area contributed by atoms with E-state index in [4.69, 9.17) is 4.74 Å². The summed E-state index contributed by atoms with van der Waals surface area (Å²) in [6, 6.07) is 15.9. The SMILES string of the molecule is Cc1ccc2cccc(OCC(=O)N[C@H](C)c3ccc(C)c(C)c3)c2n1. The lowest BCUT2D eigenvalue weighted by Gasteiger charge is -2.16. The highest BCUT2D eigenvalue weighted by Crippen LogP contribution is 2.24. The molecule has 4 heteroatoms. The number of nitrogens with zero attached hydrogens (tertiary/aromatic N) is 1. The van der Waals surface area contributed by atoms with Gasteiger partial charge in [0, 0.05) is 11.1 Å². The summed E-state index contributed by atoms with van der Waals surface area (Å²) in [5.74, 6) is 0.473. The average molecular weight is 348 g/mol. The standard InChI is InChI=1S/C22H24N2O2/c1-14-8-10-19(12-15(14)2)17(4)24-21(25)13-26-20-7-5-6-18-11-9-16(3)23-22(18)20/h5-12,17H,13H2,1-4H3,(H,24,25)/t17-/m1/s1. The number of pyridine rings is 1. The first kappa shape index (κ1) is 17.9. The van der Waals surface area contributed by atoms with E-state index in [1.807, 2.05) is 50.2 Å². The Hall–Kier alpha value is -2.88. The highest BCUT2D eigenvalue weighted by atomic mass is 16.5. The number of ether oxygens (including phenoxy) is 1. The van der Waals surface area contributed by atoms with Crippen molar-refractivity contribution < 1.29 is 9.53 Å². The molecule has 3 rings (SSSR count). The zero-order valence-electron chi connectivity index (χ0n) is 15.7. The third-order valence-electron chi connectivity index (χ3n) is 4.59. The van der Waals surface area contributed by atoms with Crippen LogP contribution >= 0.6 is 0 Å². The van der Waals surface area contributed by atoms with Crippen LogP contribution in [0.4, 0.5) is 0 Å². The van der Waals surface area contributed by atoms with Crippen LogP contribution in [-0.2, 0) is 4.79 Å². The number of amides is 1. The van der Waals surface area contributed by atoms with Gasteiger partial charge in [-0.05, 0) is 56.5 Å². The van der Waals surface area contributed by atoms with Gasteiger partial charge in [0.25, 0.3) is 5.91 Å². The summed E-state index contributed by atoms with van der Waals surface area (Å²) in [5.41, 5.74) is 5.25. The molecule has 0 saturated heterocycles. The van der Waals surface area contributed by atoms with Crippen LogP contribution in [0.2, 0.25) is 0 Å². The van der Waals surface area contributed by atoms with E-state index < -0.39 is 0 Å². The van der Waals surface area contributed by atoms with Gasteiger partial charge in [0.05, 0.1) is 6.04 Å². The number of aryl methyl sites for hydroxylation is 3. The van der Waals surface area contributed by atoms with Crippen LogP contribution in [-0.4, -0.2) is 17.5 Å². The van der Waals surface area contributed by atoms with Gasteiger partial charge in [0.15, 0.2) is 6.61 Å². The van der Waals surface area contributed by atoms with Crippen molar-refractivity contribution in [2.75, 3.05) is 6.61 Å². The summed E-state index contributed by atoms with van der Waals surface area (Å²) in [4.78, 5) is 16.8. The molecule has 3 aromatic rings. The number of hydrogen-bond donors (Lipinski definition) is 1. The van der Waals surface area contributed by atoms with Gasteiger partial charge < -0.3 is 10.1 Å². The van der Waals surface area contributed by atoms with Gasteiger partial charge in [-0.3, -0.25) is 4.79 Å². The molecule has 1 N–H and O–H groups in total. The Labute approximate surface area is 154 Å². The Kier molecular flexibility index (Phi) is 5.21. The Morgan fingerprint density at radius 3 is 2.65 bits per heavy atom. The Morgan fingerprint density at radius 1 is 1.08 bits per heavy atom. The lowest BCUT2D eigenvalue weighted by molar-refractivity contribution is -0.123. The Balaban J connectivity index is 1.65. The van der Waals surface area contributed by atoms with E-state index in [0.29, 0.717) is 5.75 Å². The van der Waals surface area contributed by atoms with Gasteiger partial charge in [0.1, 0.15) is 11.3 Å². The van der Waals surface area contributed by atoms with Crippen LogP contribution in [0.15, 0.2) is 48.5 Å². The van der Waals surface area contributed by atoms with Gasteiger partial charge >= 0.3 is 0 Å². The van der Waals surface area contributed by atoms with E-state index >= 15 is 0 Å². The van der Waals surface area contributed by atoms with Crippen molar-refractivity contribution >= 4 is 16.8 Å². The molecule has 134 valence electrons. The predicted molar refractivity (Wildman–Crippen MR) is 104 cm³/mol. The first-order chi connectivity index (χ1) is 12.4. The average Bonchev–Trinajstić information content (AvgIpc) is 2.62. The van der Waals surface area contributed by atoms with Crippen LogP contribution in [0.3, 0.4) is 0 Å². The van der Waals surface area contributed by atoms with Crippen molar-refractivity contribution in [3.8, 4) is 5.75 Å². The fourth-order valence-corrected chi connectivity index (χ4v) is 2.88. The Morgan fingerprint density at radius 2 is 1.88 bits per heavy atom. The third-order valence-corrected chi connectivity index (χ3v) is 4.59. The molecule has 0 radical (unpaired) electrons. The largest absolute Gasteiger partial charge is 0.481 e.